The number of likely N-dealkylation sites (tertiary alicyclic amines) is 1. The van der Waals surface area contributed by atoms with Crippen LogP contribution in [0.25, 0.3) is 0 Å². The number of anilines is 1. The van der Waals surface area contributed by atoms with E-state index in [0.717, 1.165) is 62.5 Å². The van der Waals surface area contributed by atoms with Gasteiger partial charge in [0.25, 0.3) is 11.7 Å². The normalized spacial score (nSPS) is 20.0. The molecule has 2 aliphatic heterocycles. The summed E-state index contributed by atoms with van der Waals surface area (Å²) in [5.74, 6) is 0.919. The molecule has 0 aromatic heterocycles. The van der Waals surface area contributed by atoms with Gasteiger partial charge >= 0.3 is 0 Å². The van der Waals surface area contributed by atoms with Gasteiger partial charge in [0.05, 0.1) is 0 Å². The van der Waals surface area contributed by atoms with Crippen LogP contribution in [-0.2, 0) is 6.54 Å². The van der Waals surface area contributed by atoms with Crippen LogP contribution in [-0.4, -0.2) is 29.7 Å². The van der Waals surface area contributed by atoms with E-state index in [1.165, 1.54) is 18.4 Å². The van der Waals surface area contributed by atoms with Gasteiger partial charge in [0.1, 0.15) is 0 Å². The van der Waals surface area contributed by atoms with E-state index in [9.17, 15) is 4.79 Å². The maximum Gasteiger partial charge on any atom is 0.255 e. The van der Waals surface area contributed by atoms with Gasteiger partial charge in [0, 0.05) is 36.7 Å². The van der Waals surface area contributed by atoms with Crippen molar-refractivity contribution in [3.63, 3.8) is 0 Å². The molecule has 28 heavy (non-hydrogen) atoms. The van der Waals surface area contributed by atoms with Gasteiger partial charge in [-0.25, -0.2) is 0 Å². The number of amides is 1. The molecular weight excluding hydrogens is 352 g/mol. The van der Waals surface area contributed by atoms with Crippen LogP contribution in [0.5, 0.6) is 11.5 Å². The Bertz CT molecular complexity index is 883. The molecule has 2 aromatic rings. The maximum atomic E-state index is 12.8. The van der Waals surface area contributed by atoms with E-state index in [2.05, 4.69) is 16.3 Å². The van der Waals surface area contributed by atoms with Crippen LogP contribution in [0.3, 0.4) is 0 Å². The summed E-state index contributed by atoms with van der Waals surface area (Å²) in [6.45, 7) is 3.21. The first-order valence-electron chi connectivity index (χ1n) is 10.3. The van der Waals surface area contributed by atoms with Crippen molar-refractivity contribution in [1.29, 1.82) is 0 Å². The van der Waals surface area contributed by atoms with Gasteiger partial charge in [-0.3, -0.25) is 9.69 Å². The highest BCUT2D eigenvalue weighted by molar-refractivity contribution is 6.04. The summed E-state index contributed by atoms with van der Waals surface area (Å²) in [5, 5.41) is 3.00. The Morgan fingerprint density at radius 3 is 2.57 bits per heavy atom. The van der Waals surface area contributed by atoms with Crippen LogP contribution in [0.1, 0.15) is 54.4 Å². The number of nitrogens with zero attached hydrogens (tertiary/aromatic N) is 1. The van der Waals surface area contributed by atoms with Crippen molar-refractivity contribution in [1.82, 2.24) is 4.90 Å². The van der Waals surface area contributed by atoms with E-state index in [0.29, 0.717) is 5.56 Å². The molecule has 1 saturated carbocycles. The second-order valence-electron chi connectivity index (χ2n) is 8.12. The summed E-state index contributed by atoms with van der Waals surface area (Å²) in [6, 6.07) is 13.6. The third-order valence-corrected chi connectivity index (χ3v) is 5.95. The Labute approximate surface area is 165 Å². The lowest BCUT2D eigenvalue weighted by Gasteiger charge is -2.21. The fourth-order valence-corrected chi connectivity index (χ4v) is 4.50. The number of fused-ring (bicyclic) bond motifs is 1. The minimum absolute atomic E-state index is 0.0993. The summed E-state index contributed by atoms with van der Waals surface area (Å²) in [6.07, 6.45) is 6.65. The molecule has 0 unspecified atom stereocenters. The second kappa shape index (κ2) is 7.13. The van der Waals surface area contributed by atoms with Crippen molar-refractivity contribution in [2.24, 2.45) is 0 Å². The number of carbonyl (C=O) groups is 1. The Morgan fingerprint density at radius 2 is 1.75 bits per heavy atom. The molecule has 3 aliphatic rings. The molecule has 0 bridgehead atoms. The van der Waals surface area contributed by atoms with Gasteiger partial charge < -0.3 is 14.8 Å². The molecule has 1 amide bonds. The van der Waals surface area contributed by atoms with Crippen LogP contribution in [0, 0.1) is 0 Å². The zero-order valence-electron chi connectivity index (χ0n) is 16.1. The predicted octanol–water partition coefficient (Wildman–Crippen LogP) is 4.58. The Kier molecular flexibility index (Phi) is 4.47. The van der Waals surface area contributed by atoms with Gasteiger partial charge in [-0.1, -0.05) is 12.1 Å². The fraction of sp³-hybridized carbons (Fsp3) is 0.435. The zero-order chi connectivity index (χ0) is 19.0. The monoisotopic (exact) mass is 378 g/mol. The molecule has 2 aromatic carbocycles. The number of hydrogen-bond acceptors (Lipinski definition) is 4. The average molecular weight is 378 g/mol. The molecule has 1 saturated heterocycles. The zero-order valence-corrected chi connectivity index (χ0v) is 16.1. The van der Waals surface area contributed by atoms with Crippen LogP contribution in [0.15, 0.2) is 42.5 Å². The van der Waals surface area contributed by atoms with E-state index < -0.39 is 5.79 Å². The summed E-state index contributed by atoms with van der Waals surface area (Å²) >= 11 is 0. The van der Waals surface area contributed by atoms with Gasteiger partial charge in [-0.2, -0.15) is 0 Å². The van der Waals surface area contributed by atoms with E-state index in [-0.39, 0.29) is 5.91 Å². The molecule has 5 nitrogen and oxygen atoms in total. The molecule has 5 rings (SSSR count). The topological polar surface area (TPSA) is 50.8 Å². The van der Waals surface area contributed by atoms with Crippen molar-refractivity contribution in [3.05, 3.63) is 53.6 Å². The van der Waals surface area contributed by atoms with Crippen molar-refractivity contribution >= 4 is 11.6 Å². The summed E-state index contributed by atoms with van der Waals surface area (Å²) in [4.78, 5) is 15.2. The largest absolute Gasteiger partial charge is 0.448 e. The van der Waals surface area contributed by atoms with Gasteiger partial charge in [-0.15, -0.1) is 0 Å². The van der Waals surface area contributed by atoms with Gasteiger partial charge in [0.2, 0.25) is 0 Å². The lowest BCUT2D eigenvalue weighted by atomic mass is 10.1. The third kappa shape index (κ3) is 3.47. The number of hydrogen-bond donors (Lipinski definition) is 1. The molecule has 0 radical (unpaired) electrons. The number of rotatable bonds is 4. The number of ether oxygens (including phenoxy) is 2. The van der Waals surface area contributed by atoms with E-state index in [4.69, 9.17) is 9.47 Å². The number of carbonyl (C=O) groups excluding carboxylic acids is 1. The quantitative estimate of drug-likeness (QED) is 0.846. The molecule has 1 N–H and O–H groups in total. The molecular formula is C23H26N2O3. The van der Waals surface area contributed by atoms with E-state index in [1.807, 2.05) is 36.4 Å². The van der Waals surface area contributed by atoms with Crippen LogP contribution < -0.4 is 14.8 Å². The molecule has 5 heteroatoms. The minimum Gasteiger partial charge on any atom is -0.448 e. The average Bonchev–Trinajstić information content (AvgIpc) is 3.43. The third-order valence-electron chi connectivity index (χ3n) is 5.95. The van der Waals surface area contributed by atoms with Crippen molar-refractivity contribution in [2.45, 2.75) is 50.9 Å². The Balaban J connectivity index is 1.27. The van der Waals surface area contributed by atoms with Gasteiger partial charge in [-0.05, 0) is 68.6 Å². The van der Waals surface area contributed by atoms with Crippen molar-refractivity contribution < 1.29 is 14.3 Å². The van der Waals surface area contributed by atoms with E-state index in [1.54, 1.807) is 0 Å². The predicted molar refractivity (Wildman–Crippen MR) is 108 cm³/mol. The first-order chi connectivity index (χ1) is 13.7. The molecule has 1 spiro atoms. The molecule has 2 heterocycles. The molecule has 1 aliphatic carbocycles. The first kappa shape index (κ1) is 17.6. The SMILES string of the molecule is O=C(Nc1ccc2c(c1)OC1(CCCC1)O2)c1cccc(CN2CCCC2)c1. The summed E-state index contributed by atoms with van der Waals surface area (Å²) in [7, 11) is 0. The summed E-state index contributed by atoms with van der Waals surface area (Å²) < 4.78 is 12.1. The minimum atomic E-state index is -0.477. The van der Waals surface area contributed by atoms with Crippen LogP contribution >= 0.6 is 0 Å². The Morgan fingerprint density at radius 1 is 0.964 bits per heavy atom. The number of benzene rings is 2. The van der Waals surface area contributed by atoms with Gasteiger partial charge in [0.15, 0.2) is 11.5 Å². The first-order valence-corrected chi connectivity index (χ1v) is 10.3. The lowest BCUT2D eigenvalue weighted by Crippen LogP contribution is -2.34. The van der Waals surface area contributed by atoms with Crippen molar-refractivity contribution in [3.8, 4) is 11.5 Å². The highest BCUT2D eigenvalue weighted by Crippen LogP contribution is 2.47. The number of nitrogens with one attached hydrogen (secondary N) is 1. The smallest absolute Gasteiger partial charge is 0.255 e. The molecule has 146 valence electrons. The highest BCUT2D eigenvalue weighted by Gasteiger charge is 2.44. The lowest BCUT2D eigenvalue weighted by molar-refractivity contribution is -0.0716. The molecule has 0 atom stereocenters. The standard InChI is InChI=1S/C23H26N2O3/c26-22(18-7-5-6-17(14-18)16-25-12-3-4-13-25)24-19-8-9-20-21(15-19)28-23(27-20)10-1-2-11-23/h5-9,14-15H,1-4,10-13,16H2,(H,24,26). The fourth-order valence-electron chi connectivity index (χ4n) is 4.50. The van der Waals surface area contributed by atoms with Crippen molar-refractivity contribution in [2.75, 3.05) is 18.4 Å². The molecule has 2 fully saturated rings. The van der Waals surface area contributed by atoms with Crippen LogP contribution in [0.4, 0.5) is 5.69 Å². The highest BCUT2D eigenvalue weighted by atomic mass is 16.7. The van der Waals surface area contributed by atoms with E-state index >= 15 is 0 Å². The van der Waals surface area contributed by atoms with Crippen LogP contribution in [0.2, 0.25) is 0 Å². The second-order valence-corrected chi connectivity index (χ2v) is 8.12. The summed E-state index contributed by atoms with van der Waals surface area (Å²) in [5.41, 5.74) is 2.59. The maximum absolute atomic E-state index is 12.8. The Hall–Kier alpha value is -2.53.